The lowest BCUT2D eigenvalue weighted by atomic mass is 10.1. The van der Waals surface area contributed by atoms with E-state index >= 15 is 0 Å². The first kappa shape index (κ1) is 11.9. The van der Waals surface area contributed by atoms with Crippen molar-refractivity contribution in [2.75, 3.05) is 11.9 Å². The quantitative estimate of drug-likeness (QED) is 0.616. The third-order valence-corrected chi connectivity index (χ3v) is 2.41. The number of benzene rings is 1. The summed E-state index contributed by atoms with van der Waals surface area (Å²) in [5, 5.41) is 9.92. The summed E-state index contributed by atoms with van der Waals surface area (Å²) in [6.07, 6.45) is 0. The van der Waals surface area contributed by atoms with E-state index in [9.17, 15) is 14.4 Å². The summed E-state index contributed by atoms with van der Waals surface area (Å²) < 4.78 is 0. The fourth-order valence-electron chi connectivity index (χ4n) is 1.66. The number of fused-ring (bicyclic) bond motifs is 1. The second kappa shape index (κ2) is 4.74. The molecular formula is C11H12N4O3. The number of hydrogen-bond donors (Lipinski definition) is 4. The van der Waals surface area contributed by atoms with Crippen molar-refractivity contribution in [2.24, 2.45) is 0 Å². The zero-order chi connectivity index (χ0) is 13.1. The molecule has 1 heterocycles. The standard InChI is InChI=1S/C11H12N4O3/c1-2-12-11(18)13-7-5-3-4-6-8(7)10(17)15-14-9(6)16/h3-5H,2H2,1H3,(H,14,16)(H,15,17)(H2,12,13,18). The van der Waals surface area contributed by atoms with Crippen molar-refractivity contribution in [1.29, 1.82) is 0 Å². The molecule has 0 spiro atoms. The zero-order valence-corrected chi connectivity index (χ0v) is 9.66. The monoisotopic (exact) mass is 248 g/mol. The van der Waals surface area contributed by atoms with Crippen LogP contribution < -0.4 is 21.8 Å². The Morgan fingerprint density at radius 1 is 1.22 bits per heavy atom. The number of carbonyl (C=O) groups excluding carboxylic acids is 1. The first-order chi connectivity index (χ1) is 8.63. The van der Waals surface area contributed by atoms with Gasteiger partial charge < -0.3 is 10.6 Å². The summed E-state index contributed by atoms with van der Waals surface area (Å²) in [5.41, 5.74) is -0.577. The van der Waals surface area contributed by atoms with Crippen LogP contribution in [0.4, 0.5) is 10.5 Å². The van der Waals surface area contributed by atoms with Gasteiger partial charge >= 0.3 is 6.03 Å². The van der Waals surface area contributed by atoms with Crippen LogP contribution in [0.25, 0.3) is 10.8 Å². The minimum atomic E-state index is -0.461. The number of aromatic amines is 2. The summed E-state index contributed by atoms with van der Waals surface area (Å²) in [4.78, 5) is 34.7. The van der Waals surface area contributed by atoms with Gasteiger partial charge in [-0.05, 0) is 19.1 Å². The Bertz CT molecular complexity index is 701. The minimum absolute atomic E-state index is 0.160. The topological polar surface area (TPSA) is 107 Å². The Hall–Kier alpha value is -2.57. The number of urea groups is 1. The summed E-state index contributed by atoms with van der Waals surface area (Å²) in [7, 11) is 0. The van der Waals surface area contributed by atoms with Gasteiger partial charge in [0, 0.05) is 6.54 Å². The average Bonchev–Trinajstić information content (AvgIpc) is 2.34. The van der Waals surface area contributed by atoms with Gasteiger partial charge in [-0.25, -0.2) is 4.79 Å². The van der Waals surface area contributed by atoms with Crippen LogP contribution in [-0.4, -0.2) is 22.8 Å². The van der Waals surface area contributed by atoms with Gasteiger partial charge in [-0.2, -0.15) is 0 Å². The number of H-pyrrole nitrogens is 2. The molecule has 1 aromatic carbocycles. The highest BCUT2D eigenvalue weighted by atomic mass is 16.2. The minimum Gasteiger partial charge on any atom is -0.338 e. The van der Waals surface area contributed by atoms with Crippen LogP contribution in [0, 0.1) is 0 Å². The third-order valence-electron chi connectivity index (χ3n) is 2.41. The lowest BCUT2D eigenvalue weighted by Gasteiger charge is -2.07. The largest absolute Gasteiger partial charge is 0.338 e. The summed E-state index contributed by atoms with van der Waals surface area (Å²) in [6.45, 7) is 2.24. The van der Waals surface area contributed by atoms with E-state index < -0.39 is 17.1 Å². The van der Waals surface area contributed by atoms with Crippen molar-refractivity contribution in [3.8, 4) is 0 Å². The molecule has 0 bridgehead atoms. The molecule has 0 aliphatic heterocycles. The molecule has 0 radical (unpaired) electrons. The molecule has 0 unspecified atom stereocenters. The highest BCUT2D eigenvalue weighted by Crippen LogP contribution is 2.16. The van der Waals surface area contributed by atoms with Gasteiger partial charge in [0.2, 0.25) is 0 Å². The highest BCUT2D eigenvalue weighted by molar-refractivity contribution is 6.00. The lowest BCUT2D eigenvalue weighted by Crippen LogP contribution is -2.29. The number of aromatic nitrogens is 2. The fourth-order valence-corrected chi connectivity index (χ4v) is 1.66. The van der Waals surface area contributed by atoms with E-state index in [1.54, 1.807) is 19.1 Å². The second-order valence-electron chi connectivity index (χ2n) is 3.62. The summed E-state index contributed by atoms with van der Waals surface area (Å²) >= 11 is 0. The molecule has 2 amide bonds. The molecule has 7 heteroatoms. The third kappa shape index (κ3) is 2.10. The molecule has 0 aliphatic rings. The number of nitrogens with one attached hydrogen (secondary N) is 4. The first-order valence-electron chi connectivity index (χ1n) is 5.42. The van der Waals surface area contributed by atoms with Crippen LogP contribution in [0.3, 0.4) is 0 Å². The van der Waals surface area contributed by atoms with E-state index in [-0.39, 0.29) is 10.8 Å². The predicted molar refractivity (Wildman–Crippen MR) is 67.9 cm³/mol. The van der Waals surface area contributed by atoms with E-state index in [0.717, 1.165) is 0 Å². The number of rotatable bonds is 2. The molecule has 2 aromatic rings. The van der Waals surface area contributed by atoms with Crippen molar-refractivity contribution in [1.82, 2.24) is 15.5 Å². The molecule has 94 valence electrons. The van der Waals surface area contributed by atoms with Gasteiger partial charge in [0.05, 0.1) is 16.5 Å². The average molecular weight is 248 g/mol. The Kier molecular flexibility index (Phi) is 3.13. The van der Waals surface area contributed by atoms with Gasteiger partial charge in [-0.3, -0.25) is 19.8 Å². The molecule has 0 atom stereocenters. The van der Waals surface area contributed by atoms with Gasteiger partial charge in [-0.15, -0.1) is 0 Å². The van der Waals surface area contributed by atoms with Crippen molar-refractivity contribution < 1.29 is 4.79 Å². The molecule has 18 heavy (non-hydrogen) atoms. The van der Waals surface area contributed by atoms with E-state index in [1.165, 1.54) is 6.07 Å². The summed E-state index contributed by atoms with van der Waals surface area (Å²) in [5.74, 6) is 0. The van der Waals surface area contributed by atoms with Crippen LogP contribution in [0.5, 0.6) is 0 Å². The Morgan fingerprint density at radius 3 is 2.67 bits per heavy atom. The van der Waals surface area contributed by atoms with E-state index in [1.807, 2.05) is 0 Å². The SMILES string of the molecule is CCNC(=O)Nc1cccc2c(=O)[nH][nH]c(=O)c12. The van der Waals surface area contributed by atoms with Gasteiger partial charge in [0.1, 0.15) is 0 Å². The van der Waals surface area contributed by atoms with Crippen LogP contribution in [0.2, 0.25) is 0 Å². The first-order valence-corrected chi connectivity index (χ1v) is 5.42. The Labute approximate surface area is 101 Å². The molecule has 0 fully saturated rings. The molecule has 7 nitrogen and oxygen atoms in total. The maximum absolute atomic E-state index is 11.7. The number of hydrogen-bond acceptors (Lipinski definition) is 3. The molecule has 0 saturated heterocycles. The van der Waals surface area contributed by atoms with Gasteiger partial charge in [-0.1, -0.05) is 6.07 Å². The number of carbonyl (C=O) groups is 1. The van der Waals surface area contributed by atoms with Gasteiger partial charge in [0.25, 0.3) is 11.1 Å². The number of amides is 2. The molecule has 0 saturated carbocycles. The van der Waals surface area contributed by atoms with E-state index in [0.29, 0.717) is 12.2 Å². The zero-order valence-electron chi connectivity index (χ0n) is 9.66. The van der Waals surface area contributed by atoms with Crippen LogP contribution in [0.15, 0.2) is 27.8 Å². The van der Waals surface area contributed by atoms with Crippen molar-refractivity contribution in [2.45, 2.75) is 6.92 Å². The molecule has 0 aliphatic carbocycles. The van der Waals surface area contributed by atoms with Crippen molar-refractivity contribution in [3.63, 3.8) is 0 Å². The second-order valence-corrected chi connectivity index (χ2v) is 3.62. The predicted octanol–water partition coefficient (Wildman–Crippen LogP) is 0.358. The highest BCUT2D eigenvalue weighted by Gasteiger charge is 2.09. The number of anilines is 1. The smallest absolute Gasteiger partial charge is 0.319 e. The Morgan fingerprint density at radius 2 is 1.94 bits per heavy atom. The van der Waals surface area contributed by atoms with Crippen LogP contribution >= 0.6 is 0 Å². The van der Waals surface area contributed by atoms with Crippen molar-refractivity contribution >= 4 is 22.5 Å². The fraction of sp³-hybridized carbons (Fsp3) is 0.182. The molecular weight excluding hydrogens is 236 g/mol. The van der Waals surface area contributed by atoms with Crippen LogP contribution in [-0.2, 0) is 0 Å². The normalized spacial score (nSPS) is 10.3. The lowest BCUT2D eigenvalue weighted by molar-refractivity contribution is 0.252. The molecule has 1 aromatic heterocycles. The van der Waals surface area contributed by atoms with Gasteiger partial charge in [0.15, 0.2) is 0 Å². The molecule has 4 N–H and O–H groups in total. The molecule has 2 rings (SSSR count). The Balaban J connectivity index is 2.58. The van der Waals surface area contributed by atoms with Crippen molar-refractivity contribution in [3.05, 3.63) is 38.9 Å². The summed E-state index contributed by atoms with van der Waals surface area (Å²) in [6, 6.07) is 4.25. The maximum Gasteiger partial charge on any atom is 0.319 e. The maximum atomic E-state index is 11.7. The van der Waals surface area contributed by atoms with E-state index in [4.69, 9.17) is 0 Å². The van der Waals surface area contributed by atoms with Crippen LogP contribution in [0.1, 0.15) is 6.92 Å². The van der Waals surface area contributed by atoms with E-state index in [2.05, 4.69) is 20.8 Å².